The lowest BCUT2D eigenvalue weighted by molar-refractivity contribution is -0.123. The zero-order valence-electron chi connectivity index (χ0n) is 21.2. The molecule has 0 unspecified atom stereocenters. The van der Waals surface area contributed by atoms with Gasteiger partial charge in [-0.1, -0.05) is 49.1 Å². The molecule has 1 aromatic heterocycles. The third-order valence-electron chi connectivity index (χ3n) is 6.61. The molecule has 0 aliphatic carbocycles. The van der Waals surface area contributed by atoms with Crippen LogP contribution in [0.3, 0.4) is 0 Å². The van der Waals surface area contributed by atoms with E-state index in [1.54, 1.807) is 16.4 Å². The number of thioether (sulfide) groups is 1. The highest BCUT2D eigenvalue weighted by Gasteiger charge is 2.35. The molecule has 0 N–H and O–H groups in total. The minimum Gasteiger partial charge on any atom is -0.368 e. The van der Waals surface area contributed by atoms with Gasteiger partial charge in [0.05, 0.1) is 4.91 Å². The zero-order valence-corrected chi connectivity index (χ0v) is 22.8. The summed E-state index contributed by atoms with van der Waals surface area (Å²) < 4.78 is 2.25. The molecular formula is C27H31N5O2S2. The molecule has 2 saturated heterocycles. The minimum absolute atomic E-state index is 0.0428. The fraction of sp³-hybridized carbons (Fsp3) is 0.407. The van der Waals surface area contributed by atoms with E-state index in [1.807, 2.05) is 45.0 Å². The quantitative estimate of drug-likeness (QED) is 0.413. The predicted octanol–water partition coefficient (Wildman–Crippen LogP) is 4.37. The van der Waals surface area contributed by atoms with E-state index in [-0.39, 0.29) is 23.1 Å². The van der Waals surface area contributed by atoms with Gasteiger partial charge in [-0.05, 0) is 51.0 Å². The average molecular weight is 522 g/mol. The molecule has 188 valence electrons. The van der Waals surface area contributed by atoms with Crippen molar-refractivity contribution in [1.29, 1.82) is 5.26 Å². The van der Waals surface area contributed by atoms with Crippen LogP contribution in [-0.4, -0.2) is 51.9 Å². The lowest BCUT2D eigenvalue weighted by atomic mass is 10.0. The molecule has 2 aliphatic heterocycles. The number of nitrogens with zero attached hydrogens (tertiary/aromatic N) is 5. The summed E-state index contributed by atoms with van der Waals surface area (Å²) in [4.78, 5) is 33.3. The Balaban J connectivity index is 1.81. The fourth-order valence-corrected chi connectivity index (χ4v) is 6.29. The van der Waals surface area contributed by atoms with E-state index >= 15 is 0 Å². The van der Waals surface area contributed by atoms with Crippen molar-refractivity contribution in [2.24, 2.45) is 0 Å². The summed E-state index contributed by atoms with van der Waals surface area (Å²) in [5.41, 5.74) is 2.38. The number of carbonyl (C=O) groups is 1. The predicted molar refractivity (Wildman–Crippen MR) is 151 cm³/mol. The van der Waals surface area contributed by atoms with Crippen molar-refractivity contribution in [1.82, 2.24) is 9.47 Å². The second-order valence-corrected chi connectivity index (χ2v) is 10.9. The second kappa shape index (κ2) is 10.9. The van der Waals surface area contributed by atoms with Gasteiger partial charge < -0.3 is 9.80 Å². The van der Waals surface area contributed by atoms with Crippen LogP contribution in [0, 0.1) is 18.3 Å². The van der Waals surface area contributed by atoms with Gasteiger partial charge in [0.1, 0.15) is 21.8 Å². The minimum atomic E-state index is -0.274. The van der Waals surface area contributed by atoms with E-state index in [4.69, 9.17) is 12.2 Å². The Kier molecular flexibility index (Phi) is 7.86. The molecule has 2 fully saturated rings. The summed E-state index contributed by atoms with van der Waals surface area (Å²) >= 11 is 6.75. The van der Waals surface area contributed by atoms with E-state index < -0.39 is 0 Å². The number of hydrogen-bond acceptors (Lipinski definition) is 7. The Hall–Kier alpha value is -3.09. The van der Waals surface area contributed by atoms with E-state index in [9.17, 15) is 14.9 Å². The van der Waals surface area contributed by atoms with Gasteiger partial charge in [-0.15, -0.1) is 0 Å². The number of rotatable bonds is 6. The largest absolute Gasteiger partial charge is 0.368 e. The van der Waals surface area contributed by atoms with E-state index in [0.717, 1.165) is 44.0 Å². The Morgan fingerprint density at radius 2 is 1.75 bits per heavy atom. The van der Waals surface area contributed by atoms with Crippen LogP contribution in [0.5, 0.6) is 0 Å². The second-order valence-electron chi connectivity index (χ2n) is 9.26. The molecular weight excluding hydrogens is 490 g/mol. The fourth-order valence-electron chi connectivity index (χ4n) is 4.79. The summed E-state index contributed by atoms with van der Waals surface area (Å²) in [6.07, 6.45) is 2.59. The maximum Gasteiger partial charge on any atom is 0.270 e. The van der Waals surface area contributed by atoms with Crippen molar-refractivity contribution in [3.8, 4) is 6.07 Å². The van der Waals surface area contributed by atoms with Crippen LogP contribution in [-0.2, 0) is 11.3 Å². The summed E-state index contributed by atoms with van der Waals surface area (Å²) in [5.74, 6) is 0.645. The number of hydrogen-bond donors (Lipinski definition) is 0. The van der Waals surface area contributed by atoms with Crippen molar-refractivity contribution >= 4 is 51.8 Å². The van der Waals surface area contributed by atoms with Gasteiger partial charge in [0.15, 0.2) is 0 Å². The maximum atomic E-state index is 13.4. The summed E-state index contributed by atoms with van der Waals surface area (Å²) in [5, 5.41) is 9.84. The third kappa shape index (κ3) is 4.80. The van der Waals surface area contributed by atoms with Gasteiger partial charge in [0, 0.05) is 50.0 Å². The van der Waals surface area contributed by atoms with Gasteiger partial charge in [0.2, 0.25) is 0 Å². The van der Waals surface area contributed by atoms with Gasteiger partial charge >= 0.3 is 0 Å². The zero-order chi connectivity index (χ0) is 26.0. The van der Waals surface area contributed by atoms with Crippen molar-refractivity contribution in [3.63, 3.8) is 0 Å². The first-order valence-electron chi connectivity index (χ1n) is 12.3. The molecule has 9 heteroatoms. The van der Waals surface area contributed by atoms with E-state index in [2.05, 4.69) is 28.0 Å². The number of piperazine rings is 1. The molecule has 36 heavy (non-hydrogen) atoms. The molecule has 2 aliphatic rings. The van der Waals surface area contributed by atoms with Crippen LogP contribution in [0.4, 0.5) is 11.5 Å². The molecule has 4 rings (SSSR count). The van der Waals surface area contributed by atoms with Crippen LogP contribution >= 0.6 is 24.0 Å². The number of thiocarbonyl (C=S) groups is 1. The molecule has 0 bridgehead atoms. The number of carbonyl (C=O) groups excluding carboxylic acids is 1. The van der Waals surface area contributed by atoms with Crippen molar-refractivity contribution < 1.29 is 4.79 Å². The number of benzene rings is 1. The van der Waals surface area contributed by atoms with Crippen molar-refractivity contribution in [3.05, 3.63) is 62.3 Å². The number of nitriles is 1. The van der Waals surface area contributed by atoms with Crippen LogP contribution < -0.4 is 15.4 Å². The van der Waals surface area contributed by atoms with Gasteiger partial charge in [-0.3, -0.25) is 19.1 Å². The molecule has 7 nitrogen and oxygen atoms in total. The standard InChI is InChI=1S/C27H31N5O2S2/c1-5-11-31-24(30-14-12-29(13-15-30)20-9-7-6-8-10-20)21(19(4)22(17-28)25(31)33)16-23-26(34)32(18(2)3)27(35)36-23/h6-10,16,18H,5,11-15H2,1-4H3/b23-16+. The van der Waals surface area contributed by atoms with E-state index in [1.165, 1.54) is 17.4 Å². The molecule has 2 aromatic rings. The maximum absolute atomic E-state index is 13.4. The number of pyridine rings is 1. The van der Waals surface area contributed by atoms with Crippen LogP contribution in [0.15, 0.2) is 40.0 Å². The summed E-state index contributed by atoms with van der Waals surface area (Å²) in [7, 11) is 0. The first-order chi connectivity index (χ1) is 17.3. The number of para-hydroxylation sites is 1. The van der Waals surface area contributed by atoms with Crippen LogP contribution in [0.2, 0.25) is 0 Å². The monoisotopic (exact) mass is 521 g/mol. The highest BCUT2D eigenvalue weighted by Crippen LogP contribution is 2.37. The first kappa shape index (κ1) is 26.0. The summed E-state index contributed by atoms with van der Waals surface area (Å²) in [6, 6.07) is 12.4. The third-order valence-corrected chi connectivity index (χ3v) is 7.94. The van der Waals surface area contributed by atoms with Gasteiger partial charge in [0.25, 0.3) is 11.5 Å². The molecule has 1 aromatic carbocycles. The summed E-state index contributed by atoms with van der Waals surface area (Å²) in [6.45, 7) is 11.2. The Labute approximate surface area is 222 Å². The van der Waals surface area contributed by atoms with Gasteiger partial charge in [-0.2, -0.15) is 5.26 Å². The van der Waals surface area contributed by atoms with Crippen molar-refractivity contribution in [2.45, 2.75) is 46.7 Å². The SMILES string of the molecule is CCCn1c(N2CCN(c3ccccc3)CC2)c(/C=C2/SC(=S)N(C(C)C)C2=O)c(C)c(C#N)c1=O. The van der Waals surface area contributed by atoms with Crippen LogP contribution in [0.1, 0.15) is 43.9 Å². The molecule has 1 amide bonds. The van der Waals surface area contributed by atoms with E-state index in [0.29, 0.717) is 21.3 Å². The normalized spacial score (nSPS) is 17.4. The highest BCUT2D eigenvalue weighted by molar-refractivity contribution is 8.26. The molecule has 0 spiro atoms. The highest BCUT2D eigenvalue weighted by atomic mass is 32.2. The van der Waals surface area contributed by atoms with Gasteiger partial charge in [-0.25, -0.2) is 0 Å². The average Bonchev–Trinajstić information content (AvgIpc) is 3.16. The van der Waals surface area contributed by atoms with Crippen LogP contribution in [0.25, 0.3) is 6.08 Å². The molecule has 0 atom stereocenters. The lowest BCUT2D eigenvalue weighted by Crippen LogP contribution is -2.48. The first-order valence-corrected chi connectivity index (χ1v) is 13.5. The number of aromatic nitrogens is 1. The Morgan fingerprint density at radius 3 is 2.31 bits per heavy atom. The molecule has 0 saturated carbocycles. The Bertz CT molecular complexity index is 1300. The topological polar surface area (TPSA) is 72.6 Å². The smallest absolute Gasteiger partial charge is 0.270 e. The Morgan fingerprint density at radius 1 is 1.11 bits per heavy atom. The van der Waals surface area contributed by atoms with Crippen molar-refractivity contribution in [2.75, 3.05) is 36.0 Å². The lowest BCUT2D eigenvalue weighted by Gasteiger charge is -2.39. The molecule has 0 radical (unpaired) electrons. The number of anilines is 2. The molecule has 3 heterocycles. The number of amides is 1.